The van der Waals surface area contributed by atoms with Gasteiger partial charge in [-0.25, -0.2) is 9.97 Å². The van der Waals surface area contributed by atoms with Crippen molar-refractivity contribution in [2.45, 2.75) is 19.9 Å². The quantitative estimate of drug-likeness (QED) is 0.596. The van der Waals surface area contributed by atoms with Crippen LogP contribution in [0.2, 0.25) is 0 Å². The molecule has 1 N–H and O–H groups in total. The van der Waals surface area contributed by atoms with Gasteiger partial charge < -0.3 is 9.84 Å². The molecule has 0 aromatic carbocycles. The highest BCUT2D eigenvalue weighted by molar-refractivity contribution is 7.16. The van der Waals surface area contributed by atoms with Crippen molar-refractivity contribution < 1.29 is 4.52 Å². The summed E-state index contributed by atoms with van der Waals surface area (Å²) in [7, 11) is 0. The number of anilines is 1. The Morgan fingerprint density at radius 2 is 2.09 bits per heavy atom. The normalized spacial score (nSPS) is 11.2. The smallest absolute Gasteiger partial charge is 0.245 e. The van der Waals surface area contributed by atoms with E-state index in [0.29, 0.717) is 24.7 Å². The lowest BCUT2D eigenvalue weighted by Gasteiger charge is -2.04. The second kappa shape index (κ2) is 6.05. The molecule has 0 unspecified atom stereocenters. The van der Waals surface area contributed by atoms with Crippen LogP contribution in [0, 0.1) is 6.92 Å². The van der Waals surface area contributed by atoms with Crippen LogP contribution in [0.1, 0.15) is 22.4 Å². The first-order valence-electron chi connectivity index (χ1n) is 7.07. The molecule has 0 saturated carbocycles. The minimum Gasteiger partial charge on any atom is -0.360 e. The van der Waals surface area contributed by atoms with Crippen molar-refractivity contribution >= 4 is 38.7 Å². The molecule has 6 nitrogen and oxygen atoms in total. The Bertz CT molecular complexity index is 929. The van der Waals surface area contributed by atoms with Crippen LogP contribution < -0.4 is 5.32 Å². The van der Waals surface area contributed by atoms with Gasteiger partial charge in [0, 0.05) is 11.3 Å². The number of rotatable bonds is 5. The van der Waals surface area contributed by atoms with E-state index in [4.69, 9.17) is 4.52 Å². The van der Waals surface area contributed by atoms with Gasteiger partial charge in [-0.2, -0.15) is 4.98 Å². The van der Waals surface area contributed by atoms with Gasteiger partial charge in [-0.3, -0.25) is 0 Å². The molecule has 0 bridgehead atoms. The monoisotopic (exact) mass is 343 g/mol. The second-order valence-corrected chi connectivity index (χ2v) is 6.90. The summed E-state index contributed by atoms with van der Waals surface area (Å²) in [6.45, 7) is 2.33. The van der Waals surface area contributed by atoms with E-state index in [1.165, 1.54) is 4.88 Å². The van der Waals surface area contributed by atoms with E-state index in [1.54, 1.807) is 22.7 Å². The summed E-state index contributed by atoms with van der Waals surface area (Å²) in [4.78, 5) is 15.5. The minimum atomic E-state index is 0.443. The second-order valence-electron chi connectivity index (χ2n) is 4.97. The maximum absolute atomic E-state index is 5.30. The highest BCUT2D eigenvalue weighted by Gasteiger charge is 2.10. The van der Waals surface area contributed by atoms with Gasteiger partial charge in [0.2, 0.25) is 5.89 Å². The predicted octanol–water partition coefficient (Wildman–Crippen LogP) is 3.65. The zero-order valence-electron chi connectivity index (χ0n) is 12.3. The molecule has 0 spiro atoms. The number of nitrogens with zero attached hydrogens (tertiary/aromatic N) is 4. The van der Waals surface area contributed by atoms with Crippen molar-refractivity contribution in [3.05, 3.63) is 51.4 Å². The molecule has 4 rings (SSSR count). The summed E-state index contributed by atoms with van der Waals surface area (Å²) < 4.78 is 5.30. The van der Waals surface area contributed by atoms with Crippen molar-refractivity contribution in [1.82, 2.24) is 20.1 Å². The Morgan fingerprint density at radius 3 is 2.96 bits per heavy atom. The average Bonchev–Trinajstić information content (AvgIpc) is 3.26. The molecule has 0 radical (unpaired) electrons. The Hall–Kier alpha value is -2.32. The van der Waals surface area contributed by atoms with Gasteiger partial charge in [-0.15, -0.1) is 22.7 Å². The van der Waals surface area contributed by atoms with Crippen LogP contribution in [0.5, 0.6) is 0 Å². The van der Waals surface area contributed by atoms with E-state index in [0.717, 1.165) is 21.9 Å². The summed E-state index contributed by atoms with van der Waals surface area (Å²) in [5.41, 5.74) is 0. The lowest BCUT2D eigenvalue weighted by molar-refractivity contribution is 0.378. The van der Waals surface area contributed by atoms with Gasteiger partial charge in [0.05, 0.1) is 11.9 Å². The molecule has 0 aliphatic rings. The summed E-state index contributed by atoms with van der Waals surface area (Å²) in [5, 5.41) is 12.4. The molecular formula is C15H13N5OS2. The van der Waals surface area contributed by atoms with Crippen LogP contribution in [-0.2, 0) is 13.0 Å². The topological polar surface area (TPSA) is 76.7 Å². The van der Waals surface area contributed by atoms with Gasteiger partial charge in [0.25, 0.3) is 0 Å². The van der Waals surface area contributed by atoms with Gasteiger partial charge in [-0.05, 0) is 29.8 Å². The largest absolute Gasteiger partial charge is 0.360 e. The molecule has 4 aromatic rings. The first kappa shape index (κ1) is 14.3. The number of nitrogens with one attached hydrogen (secondary N) is 1. The van der Waals surface area contributed by atoms with Crippen molar-refractivity contribution in [1.29, 1.82) is 0 Å². The number of fused-ring (bicyclic) bond motifs is 1. The van der Waals surface area contributed by atoms with Gasteiger partial charge in [0.15, 0.2) is 5.82 Å². The summed E-state index contributed by atoms with van der Waals surface area (Å²) >= 11 is 3.29. The van der Waals surface area contributed by atoms with Crippen molar-refractivity contribution in [3.63, 3.8) is 0 Å². The summed E-state index contributed by atoms with van der Waals surface area (Å²) in [6, 6.07) is 6.10. The summed E-state index contributed by atoms with van der Waals surface area (Å²) in [6.07, 6.45) is 0.697. The molecule has 0 aliphatic carbocycles. The molecule has 0 saturated heterocycles. The molecule has 0 amide bonds. The van der Waals surface area contributed by atoms with Crippen LogP contribution in [0.15, 0.2) is 33.5 Å². The highest BCUT2D eigenvalue weighted by atomic mass is 32.1. The Morgan fingerprint density at radius 1 is 1.13 bits per heavy atom. The standard InChI is InChI=1S/C15H13N5OS2/c1-9-17-14(11-4-6-23-15(11)18-9)16-8-13-19-12(20-21-13)7-10-3-2-5-22-10/h2-6H,7-8H2,1H3,(H,16,17,18). The number of thiophene rings is 2. The van der Waals surface area contributed by atoms with Crippen LogP contribution in [0.3, 0.4) is 0 Å². The van der Waals surface area contributed by atoms with E-state index < -0.39 is 0 Å². The Balaban J connectivity index is 1.48. The lowest BCUT2D eigenvalue weighted by atomic mass is 10.3. The van der Waals surface area contributed by atoms with Crippen LogP contribution in [0.4, 0.5) is 5.82 Å². The lowest BCUT2D eigenvalue weighted by Crippen LogP contribution is -2.04. The van der Waals surface area contributed by atoms with Crippen LogP contribution in [-0.4, -0.2) is 20.1 Å². The molecule has 0 fully saturated rings. The van der Waals surface area contributed by atoms with Crippen molar-refractivity contribution in [2.24, 2.45) is 0 Å². The van der Waals surface area contributed by atoms with Crippen molar-refractivity contribution in [2.75, 3.05) is 5.32 Å². The SMILES string of the molecule is Cc1nc(NCc2nc(Cc3cccs3)no2)c2ccsc2n1. The first-order valence-corrected chi connectivity index (χ1v) is 8.83. The van der Waals surface area contributed by atoms with Crippen LogP contribution >= 0.6 is 22.7 Å². The fourth-order valence-electron chi connectivity index (χ4n) is 2.26. The number of aryl methyl sites for hydroxylation is 1. The Kier molecular flexibility index (Phi) is 3.76. The molecule has 0 aliphatic heterocycles. The zero-order valence-corrected chi connectivity index (χ0v) is 13.9. The van der Waals surface area contributed by atoms with Crippen molar-refractivity contribution in [3.8, 4) is 0 Å². The maximum atomic E-state index is 5.30. The highest BCUT2D eigenvalue weighted by Crippen LogP contribution is 2.25. The number of hydrogen-bond acceptors (Lipinski definition) is 8. The van der Waals surface area contributed by atoms with E-state index in [2.05, 4.69) is 31.5 Å². The third kappa shape index (κ3) is 3.08. The zero-order chi connectivity index (χ0) is 15.6. The summed E-state index contributed by atoms with van der Waals surface area (Å²) in [5.74, 6) is 2.79. The minimum absolute atomic E-state index is 0.443. The van der Waals surface area contributed by atoms with E-state index >= 15 is 0 Å². The molecule has 4 aromatic heterocycles. The molecule has 23 heavy (non-hydrogen) atoms. The number of aromatic nitrogens is 4. The van der Waals surface area contributed by atoms with Gasteiger partial charge >= 0.3 is 0 Å². The van der Waals surface area contributed by atoms with E-state index in [1.807, 2.05) is 29.8 Å². The third-order valence-corrected chi connectivity index (χ3v) is 4.95. The van der Waals surface area contributed by atoms with E-state index in [-0.39, 0.29) is 0 Å². The third-order valence-electron chi connectivity index (χ3n) is 3.27. The molecule has 4 heterocycles. The van der Waals surface area contributed by atoms with Gasteiger partial charge in [-0.1, -0.05) is 11.2 Å². The number of hydrogen-bond donors (Lipinski definition) is 1. The fraction of sp³-hybridized carbons (Fsp3) is 0.200. The van der Waals surface area contributed by atoms with E-state index in [9.17, 15) is 0 Å². The molecule has 116 valence electrons. The first-order chi connectivity index (χ1) is 11.3. The molecule has 0 atom stereocenters. The average molecular weight is 343 g/mol. The van der Waals surface area contributed by atoms with Gasteiger partial charge in [0.1, 0.15) is 16.5 Å². The predicted molar refractivity (Wildman–Crippen MR) is 90.9 cm³/mol. The Labute approximate surface area is 140 Å². The molecular weight excluding hydrogens is 330 g/mol. The fourth-order valence-corrected chi connectivity index (χ4v) is 3.77. The molecule has 8 heteroatoms. The maximum Gasteiger partial charge on any atom is 0.245 e. The van der Waals surface area contributed by atoms with Crippen LogP contribution in [0.25, 0.3) is 10.2 Å².